The third kappa shape index (κ3) is 7.13. The second kappa shape index (κ2) is 6.82. The summed E-state index contributed by atoms with van der Waals surface area (Å²) in [6.45, 7) is 3.81. The van der Waals surface area contributed by atoms with Gasteiger partial charge in [-0.05, 0) is 20.9 Å². The molecule has 0 aliphatic heterocycles. The van der Waals surface area contributed by atoms with Crippen molar-refractivity contribution in [3.05, 3.63) is 0 Å². The largest absolute Gasteiger partial charge is 0.377 e. The molecule has 2 unspecified atom stereocenters. The monoisotopic (exact) mass is 285 g/mol. The normalized spacial score (nSPS) is 16.8. The van der Waals surface area contributed by atoms with Gasteiger partial charge in [-0.2, -0.15) is 0 Å². The van der Waals surface area contributed by atoms with Crippen molar-refractivity contribution in [1.29, 1.82) is 0 Å². The van der Waals surface area contributed by atoms with Gasteiger partial charge < -0.3 is 10.1 Å². The third-order valence-corrected chi connectivity index (χ3v) is 5.32. The lowest BCUT2D eigenvalue weighted by Crippen LogP contribution is -2.50. The van der Waals surface area contributed by atoms with E-state index in [9.17, 15) is 12.6 Å². The Hall–Kier alpha value is 0.0200. The van der Waals surface area contributed by atoms with Crippen LogP contribution in [0.15, 0.2) is 0 Å². The molecule has 0 rings (SSSR count). The van der Waals surface area contributed by atoms with Gasteiger partial charge in [0.15, 0.2) is 0 Å². The summed E-state index contributed by atoms with van der Waals surface area (Å²) >= 11 is 0. The summed E-state index contributed by atoms with van der Waals surface area (Å²) in [5, 5.41) is 3.05. The molecule has 17 heavy (non-hydrogen) atoms. The molecule has 2 atom stereocenters. The Morgan fingerprint density at radius 1 is 1.41 bits per heavy atom. The summed E-state index contributed by atoms with van der Waals surface area (Å²) in [5.41, 5.74) is -0.435. The second-order valence-electron chi connectivity index (χ2n) is 4.59. The summed E-state index contributed by atoms with van der Waals surface area (Å²) in [5.74, 6) is 0.521. The number of hydrogen-bond donors (Lipinski definition) is 1. The maximum Gasteiger partial charge on any atom is 0.148 e. The summed E-state index contributed by atoms with van der Waals surface area (Å²) in [6.07, 6.45) is 1.15. The first kappa shape index (κ1) is 17.0. The van der Waals surface area contributed by atoms with E-state index in [0.29, 0.717) is 5.75 Å². The molecule has 0 saturated heterocycles. The van der Waals surface area contributed by atoms with Gasteiger partial charge in [-0.3, -0.25) is 4.21 Å². The lowest BCUT2D eigenvalue weighted by Gasteiger charge is -2.32. The Kier molecular flexibility index (Phi) is 6.83. The highest BCUT2D eigenvalue weighted by molar-refractivity contribution is 7.92. The van der Waals surface area contributed by atoms with Crippen LogP contribution in [0, 0.1) is 0 Å². The van der Waals surface area contributed by atoms with Gasteiger partial charge in [0.1, 0.15) is 9.84 Å². The Morgan fingerprint density at radius 2 is 1.94 bits per heavy atom. The van der Waals surface area contributed by atoms with Crippen LogP contribution in [0.25, 0.3) is 0 Å². The molecule has 0 aromatic heterocycles. The van der Waals surface area contributed by atoms with Crippen LogP contribution in [0.4, 0.5) is 0 Å². The van der Waals surface area contributed by atoms with Crippen LogP contribution in [0.1, 0.15) is 13.8 Å². The summed E-state index contributed by atoms with van der Waals surface area (Å²) in [4.78, 5) is 0. The predicted molar refractivity (Wildman–Crippen MR) is 71.5 cm³/mol. The SMILES string of the molecule is CNC(CS(=O)CCS(C)(=O)=O)C(C)(C)OC. The number of likely N-dealkylation sites (N-methyl/N-ethyl adjacent to an activating group) is 1. The average Bonchev–Trinajstić information content (AvgIpc) is 2.21. The van der Waals surface area contributed by atoms with Crippen LogP contribution < -0.4 is 5.32 Å². The van der Waals surface area contributed by atoms with Crippen LogP contribution in [-0.2, 0) is 25.4 Å². The van der Waals surface area contributed by atoms with Crippen molar-refractivity contribution in [2.45, 2.75) is 25.5 Å². The van der Waals surface area contributed by atoms with E-state index in [4.69, 9.17) is 4.74 Å². The quantitative estimate of drug-likeness (QED) is 0.668. The number of hydrogen-bond acceptors (Lipinski definition) is 5. The van der Waals surface area contributed by atoms with Gasteiger partial charge in [-0.15, -0.1) is 0 Å². The molecule has 0 aliphatic carbocycles. The van der Waals surface area contributed by atoms with Crippen LogP contribution >= 0.6 is 0 Å². The minimum atomic E-state index is -3.05. The number of ether oxygens (including phenoxy) is 1. The Labute approximate surface area is 107 Å². The highest BCUT2D eigenvalue weighted by Crippen LogP contribution is 2.14. The van der Waals surface area contributed by atoms with Crippen molar-refractivity contribution in [3.8, 4) is 0 Å². The van der Waals surface area contributed by atoms with E-state index in [-0.39, 0.29) is 17.5 Å². The maximum absolute atomic E-state index is 11.8. The molecule has 0 heterocycles. The molecule has 7 heteroatoms. The Balaban J connectivity index is 4.35. The Bertz CT molecular complexity index is 351. The fraction of sp³-hybridized carbons (Fsp3) is 1.00. The van der Waals surface area contributed by atoms with Crippen LogP contribution in [0.2, 0.25) is 0 Å². The molecule has 0 aromatic carbocycles. The van der Waals surface area contributed by atoms with Crippen molar-refractivity contribution in [2.24, 2.45) is 0 Å². The van der Waals surface area contributed by atoms with Crippen molar-refractivity contribution in [3.63, 3.8) is 0 Å². The number of sulfone groups is 1. The van der Waals surface area contributed by atoms with E-state index in [1.165, 1.54) is 0 Å². The van der Waals surface area contributed by atoms with Crippen molar-refractivity contribution >= 4 is 20.6 Å². The maximum atomic E-state index is 11.8. The zero-order valence-electron chi connectivity index (χ0n) is 11.1. The van der Waals surface area contributed by atoms with Crippen molar-refractivity contribution in [1.82, 2.24) is 5.32 Å². The van der Waals surface area contributed by atoms with E-state index < -0.39 is 26.2 Å². The molecule has 0 radical (unpaired) electrons. The van der Waals surface area contributed by atoms with E-state index in [0.717, 1.165) is 6.26 Å². The lowest BCUT2D eigenvalue weighted by atomic mass is 10.0. The molecule has 104 valence electrons. The summed E-state index contributed by atoms with van der Waals surface area (Å²) < 4.78 is 39.0. The second-order valence-corrected chi connectivity index (χ2v) is 8.47. The van der Waals surface area contributed by atoms with Crippen molar-refractivity contribution in [2.75, 3.05) is 37.7 Å². The molecule has 0 amide bonds. The van der Waals surface area contributed by atoms with Crippen LogP contribution in [0.3, 0.4) is 0 Å². The third-order valence-electron chi connectivity index (χ3n) is 2.75. The zero-order chi connectivity index (χ0) is 13.7. The van der Waals surface area contributed by atoms with Gasteiger partial charge in [-0.1, -0.05) is 0 Å². The fourth-order valence-corrected chi connectivity index (χ4v) is 4.35. The minimum absolute atomic E-state index is 0.0382. The molecular weight excluding hydrogens is 262 g/mol. The minimum Gasteiger partial charge on any atom is -0.377 e. The van der Waals surface area contributed by atoms with Gasteiger partial charge in [0.25, 0.3) is 0 Å². The van der Waals surface area contributed by atoms with E-state index in [1.807, 2.05) is 13.8 Å². The number of rotatable bonds is 8. The molecular formula is C10H23NO4S2. The molecule has 1 N–H and O–H groups in total. The van der Waals surface area contributed by atoms with Gasteiger partial charge in [-0.25, -0.2) is 8.42 Å². The van der Waals surface area contributed by atoms with Gasteiger partial charge >= 0.3 is 0 Å². The summed E-state index contributed by atoms with van der Waals surface area (Å²) in [6, 6.07) is -0.0760. The number of nitrogens with one attached hydrogen (secondary N) is 1. The first-order valence-electron chi connectivity index (χ1n) is 5.37. The highest BCUT2D eigenvalue weighted by Gasteiger charge is 2.29. The molecule has 0 bridgehead atoms. The molecule has 0 saturated carbocycles. The van der Waals surface area contributed by atoms with E-state index >= 15 is 0 Å². The van der Waals surface area contributed by atoms with Crippen LogP contribution in [-0.4, -0.2) is 61.9 Å². The highest BCUT2D eigenvalue weighted by atomic mass is 32.2. The topological polar surface area (TPSA) is 72.5 Å². The zero-order valence-corrected chi connectivity index (χ0v) is 12.8. The molecule has 5 nitrogen and oxygen atoms in total. The first-order chi connectivity index (χ1) is 7.62. The van der Waals surface area contributed by atoms with E-state index in [2.05, 4.69) is 5.32 Å². The predicted octanol–water partition coefficient (Wildman–Crippen LogP) is -0.207. The van der Waals surface area contributed by atoms with Gasteiger partial charge in [0.05, 0.1) is 11.4 Å². The lowest BCUT2D eigenvalue weighted by molar-refractivity contribution is -0.00178. The molecule has 0 aromatic rings. The molecule has 0 aliphatic rings. The fourth-order valence-electron chi connectivity index (χ4n) is 1.29. The van der Waals surface area contributed by atoms with Crippen molar-refractivity contribution < 1.29 is 17.4 Å². The smallest absolute Gasteiger partial charge is 0.148 e. The van der Waals surface area contributed by atoms with Gasteiger partial charge in [0, 0.05) is 41.7 Å². The van der Waals surface area contributed by atoms with E-state index in [1.54, 1.807) is 14.2 Å². The standard InChI is InChI=1S/C10H23NO4S2/c1-10(2,15-4)9(11-3)8-16(12)6-7-17(5,13)14/h9,11H,6-8H2,1-5H3. The Morgan fingerprint density at radius 3 is 2.29 bits per heavy atom. The van der Waals surface area contributed by atoms with Crippen LogP contribution in [0.5, 0.6) is 0 Å². The number of methoxy groups -OCH3 is 1. The molecule has 0 spiro atoms. The average molecular weight is 285 g/mol. The first-order valence-corrected chi connectivity index (χ1v) is 8.92. The van der Waals surface area contributed by atoms with Gasteiger partial charge in [0.2, 0.25) is 0 Å². The summed E-state index contributed by atoms with van der Waals surface area (Å²) in [7, 11) is -0.836. The molecule has 0 fully saturated rings.